The average Bonchev–Trinajstić information content (AvgIpc) is 1.88. The van der Waals surface area contributed by atoms with Gasteiger partial charge in [0.2, 0.25) is 0 Å². The second-order valence-electron chi connectivity index (χ2n) is 1.69. The van der Waals surface area contributed by atoms with Gasteiger partial charge in [0, 0.05) is 6.26 Å². The molecule has 0 fully saturated rings. The van der Waals surface area contributed by atoms with E-state index in [0.29, 0.717) is 0 Å². The average molecular weight is 186 g/mol. The van der Waals surface area contributed by atoms with Crippen molar-refractivity contribution in [3.05, 3.63) is 0 Å². The Balaban J connectivity index is 4.30. The van der Waals surface area contributed by atoms with Crippen LogP contribution in [-0.4, -0.2) is 28.3 Å². The molecule has 1 atom stereocenters. The highest BCUT2D eigenvalue weighted by atomic mass is 32.2. The van der Waals surface area contributed by atoms with E-state index in [4.69, 9.17) is 0 Å². The van der Waals surface area contributed by atoms with Gasteiger partial charge in [-0.1, -0.05) is 0 Å². The Morgan fingerprint density at radius 1 is 1.64 bits per heavy atom. The topological polar surface area (TPSA) is 43.4 Å². The van der Waals surface area contributed by atoms with E-state index < -0.39 is 22.0 Å². The number of hydrogen-bond acceptors (Lipinski definition) is 3. The van der Waals surface area contributed by atoms with Gasteiger partial charge in [0.15, 0.2) is 0 Å². The van der Waals surface area contributed by atoms with Gasteiger partial charge in [0.05, 0.1) is 17.4 Å². The Bertz CT molecular complexity index is 181. The van der Waals surface area contributed by atoms with Gasteiger partial charge in [-0.15, -0.1) is 0 Å². The van der Waals surface area contributed by atoms with Gasteiger partial charge in [0.1, 0.15) is 0 Å². The Morgan fingerprint density at radius 3 is 2.36 bits per heavy atom. The minimum atomic E-state index is -3.88. The summed E-state index contributed by atoms with van der Waals surface area (Å²) in [5.74, 6) is -1.74. The molecule has 0 aromatic rings. The predicted molar refractivity (Wildman–Crippen MR) is 35.6 cm³/mol. The van der Waals surface area contributed by atoms with Crippen molar-refractivity contribution in [3.63, 3.8) is 0 Å². The normalized spacial score (nSPS) is 14.2. The molecule has 0 aromatic heterocycles. The lowest BCUT2D eigenvalue weighted by molar-refractivity contribution is -0.159. The summed E-state index contributed by atoms with van der Waals surface area (Å²) in [6, 6.07) is 0. The molecule has 0 radical (unpaired) electrons. The molecule has 6 heteroatoms. The fraction of sp³-hybridized carbons (Fsp3) is 0.800. The maximum absolute atomic E-state index is 12.4. The highest BCUT2D eigenvalue weighted by Gasteiger charge is 2.45. The fourth-order valence-electron chi connectivity index (χ4n) is 0.332. The maximum atomic E-state index is 12.4. The van der Waals surface area contributed by atoms with Gasteiger partial charge < -0.3 is 4.74 Å². The van der Waals surface area contributed by atoms with Crippen LogP contribution in [0.2, 0.25) is 0 Å². The number of esters is 1. The lowest BCUT2D eigenvalue weighted by Crippen LogP contribution is -2.34. The molecule has 0 spiro atoms. The first-order valence-corrected chi connectivity index (χ1v) is 4.37. The molecule has 0 aliphatic rings. The van der Waals surface area contributed by atoms with E-state index in [0.717, 1.165) is 6.26 Å². The predicted octanol–water partition coefficient (Wildman–Crippen LogP) is 0.521. The van der Waals surface area contributed by atoms with Crippen LogP contribution in [-0.2, 0) is 20.3 Å². The van der Waals surface area contributed by atoms with Crippen molar-refractivity contribution >= 4 is 16.8 Å². The Labute approximate surface area is 65.2 Å². The van der Waals surface area contributed by atoms with Gasteiger partial charge in [0.25, 0.3) is 0 Å². The minimum Gasteiger partial charge on any atom is -0.461 e. The van der Waals surface area contributed by atoms with Crippen molar-refractivity contribution < 1.29 is 22.5 Å². The largest absolute Gasteiger partial charge is 0.461 e. The zero-order valence-corrected chi connectivity index (χ0v) is 6.91. The van der Waals surface area contributed by atoms with Gasteiger partial charge in [-0.25, -0.2) is 4.79 Å². The van der Waals surface area contributed by atoms with Crippen molar-refractivity contribution in [2.45, 2.75) is 12.2 Å². The van der Waals surface area contributed by atoms with E-state index in [1.165, 1.54) is 6.92 Å². The monoisotopic (exact) mass is 186 g/mol. The van der Waals surface area contributed by atoms with Crippen LogP contribution in [0.3, 0.4) is 0 Å². The number of alkyl halides is 2. The quantitative estimate of drug-likeness (QED) is 0.603. The summed E-state index contributed by atoms with van der Waals surface area (Å²) in [4.78, 5) is 10.3. The second kappa shape index (κ2) is 3.75. The molecule has 0 bridgehead atoms. The zero-order valence-electron chi connectivity index (χ0n) is 6.10. The molecular weight excluding hydrogens is 178 g/mol. The molecule has 66 valence electrons. The van der Waals surface area contributed by atoms with Gasteiger partial charge >= 0.3 is 11.2 Å². The highest BCUT2D eigenvalue weighted by Crippen LogP contribution is 2.18. The van der Waals surface area contributed by atoms with Crippen molar-refractivity contribution in [2.75, 3.05) is 12.9 Å². The van der Waals surface area contributed by atoms with Crippen LogP contribution >= 0.6 is 0 Å². The number of rotatable bonds is 3. The number of halogens is 2. The molecule has 0 saturated heterocycles. The van der Waals surface area contributed by atoms with Crippen LogP contribution in [0.25, 0.3) is 0 Å². The molecule has 0 amide bonds. The van der Waals surface area contributed by atoms with Crippen molar-refractivity contribution in [1.82, 2.24) is 0 Å². The van der Waals surface area contributed by atoms with E-state index in [1.807, 2.05) is 0 Å². The Hall–Kier alpha value is -0.520. The van der Waals surface area contributed by atoms with Crippen molar-refractivity contribution in [2.24, 2.45) is 0 Å². The molecule has 0 aliphatic carbocycles. The third-order valence-electron chi connectivity index (χ3n) is 0.874. The fourth-order valence-corrected chi connectivity index (χ4v) is 0.626. The van der Waals surface area contributed by atoms with Crippen LogP contribution in [0.1, 0.15) is 6.92 Å². The van der Waals surface area contributed by atoms with Crippen LogP contribution in [0.4, 0.5) is 8.78 Å². The summed E-state index contributed by atoms with van der Waals surface area (Å²) in [6.07, 6.45) is 0.747. The second-order valence-corrected chi connectivity index (χ2v) is 3.11. The summed E-state index contributed by atoms with van der Waals surface area (Å²) in [6.45, 7) is 1.25. The third-order valence-corrected chi connectivity index (χ3v) is 1.76. The molecule has 0 aromatic carbocycles. The first-order chi connectivity index (χ1) is 4.92. The molecule has 0 heterocycles. The minimum absolute atomic E-state index is 0.147. The molecule has 11 heavy (non-hydrogen) atoms. The van der Waals surface area contributed by atoms with Crippen LogP contribution < -0.4 is 0 Å². The maximum Gasteiger partial charge on any atom is 0.415 e. The summed E-state index contributed by atoms with van der Waals surface area (Å²) < 4.78 is 38.9. The molecule has 1 unspecified atom stereocenters. The molecular formula is C5H8F2O3S. The van der Waals surface area contributed by atoms with Crippen LogP contribution in [0.5, 0.6) is 0 Å². The smallest absolute Gasteiger partial charge is 0.415 e. The zero-order chi connectivity index (χ0) is 9.07. The summed E-state index contributed by atoms with van der Waals surface area (Å²) in [7, 11) is -2.52. The summed E-state index contributed by atoms with van der Waals surface area (Å²) in [5, 5.41) is -3.88. The van der Waals surface area contributed by atoms with E-state index in [2.05, 4.69) is 4.74 Å². The van der Waals surface area contributed by atoms with Crippen LogP contribution in [0.15, 0.2) is 0 Å². The molecule has 0 N–H and O–H groups in total. The Morgan fingerprint density at radius 2 is 2.09 bits per heavy atom. The summed E-state index contributed by atoms with van der Waals surface area (Å²) >= 11 is 0. The lowest BCUT2D eigenvalue weighted by atomic mass is 10.7. The molecule has 0 aliphatic heterocycles. The standard InChI is InChI=1S/C5H8F2O3S/c1-3-10-4(8)5(6,7)11(2)9/h3H2,1-2H3. The number of hydrogen-bond donors (Lipinski definition) is 0. The number of carbonyl (C=O) groups is 1. The van der Waals surface area contributed by atoms with E-state index in [1.54, 1.807) is 0 Å². The number of carbonyl (C=O) groups excluding carboxylic acids is 1. The first-order valence-electron chi connectivity index (χ1n) is 2.81. The number of ether oxygens (including phenoxy) is 1. The highest BCUT2D eigenvalue weighted by molar-refractivity contribution is 7.86. The van der Waals surface area contributed by atoms with Crippen LogP contribution in [0, 0.1) is 0 Å². The van der Waals surface area contributed by atoms with E-state index in [9.17, 15) is 17.8 Å². The van der Waals surface area contributed by atoms with Gasteiger partial charge in [-0.2, -0.15) is 8.78 Å². The van der Waals surface area contributed by atoms with E-state index in [-0.39, 0.29) is 6.61 Å². The summed E-state index contributed by atoms with van der Waals surface area (Å²) in [5.41, 5.74) is 0. The third kappa shape index (κ3) is 2.53. The SMILES string of the molecule is CCOC(=O)C(F)(F)S(C)=O. The molecule has 3 nitrogen and oxygen atoms in total. The van der Waals surface area contributed by atoms with E-state index >= 15 is 0 Å². The Kier molecular flexibility index (Phi) is 3.57. The van der Waals surface area contributed by atoms with Gasteiger partial charge in [-0.3, -0.25) is 4.21 Å². The first kappa shape index (κ1) is 10.5. The molecule has 0 rings (SSSR count). The molecule has 0 saturated carbocycles. The lowest BCUT2D eigenvalue weighted by Gasteiger charge is -2.10. The van der Waals surface area contributed by atoms with Gasteiger partial charge in [-0.05, 0) is 6.92 Å². The van der Waals surface area contributed by atoms with Crippen molar-refractivity contribution in [1.29, 1.82) is 0 Å². The van der Waals surface area contributed by atoms with Crippen molar-refractivity contribution in [3.8, 4) is 0 Å².